The largest absolute Gasteiger partial charge is 0.433 e. The van der Waals surface area contributed by atoms with Crippen molar-refractivity contribution in [2.75, 3.05) is 0 Å². The van der Waals surface area contributed by atoms with Crippen LogP contribution in [0.1, 0.15) is 46.3 Å². The number of H-pyrrole nitrogens is 1. The fraction of sp³-hybridized carbons (Fsp3) is 0.357. The van der Waals surface area contributed by atoms with Crippen molar-refractivity contribution < 1.29 is 37.0 Å². The van der Waals surface area contributed by atoms with Crippen LogP contribution in [0.15, 0.2) is 60.8 Å². The summed E-state index contributed by atoms with van der Waals surface area (Å²) in [6, 6.07) is 13.3. The lowest BCUT2D eigenvalue weighted by molar-refractivity contribution is -0.171. The molecule has 0 aliphatic carbocycles. The number of ether oxygens (including phenoxy) is 2. The third-order valence-electron chi connectivity index (χ3n) is 6.55. The summed E-state index contributed by atoms with van der Waals surface area (Å²) in [6.07, 6.45) is -4.39. The van der Waals surface area contributed by atoms with Crippen LogP contribution in [0.5, 0.6) is 0 Å². The van der Waals surface area contributed by atoms with Gasteiger partial charge in [0.25, 0.3) is 5.91 Å². The lowest BCUT2D eigenvalue weighted by Gasteiger charge is -2.33. The molecule has 12 heteroatoms. The lowest BCUT2D eigenvalue weighted by Crippen LogP contribution is -2.54. The highest BCUT2D eigenvalue weighted by Gasteiger charge is 2.45. The van der Waals surface area contributed by atoms with Gasteiger partial charge in [0.2, 0.25) is 12.2 Å². The number of hydrogen-bond acceptors (Lipinski definition) is 6. The minimum atomic E-state index is -4.27. The van der Waals surface area contributed by atoms with Crippen molar-refractivity contribution in [3.05, 3.63) is 89.0 Å². The van der Waals surface area contributed by atoms with Crippen LogP contribution in [0.3, 0.4) is 0 Å². The zero-order valence-corrected chi connectivity index (χ0v) is 21.7. The second-order valence-corrected chi connectivity index (χ2v) is 9.57. The number of carbonyl (C=O) groups is 3. The molecule has 0 radical (unpaired) electrons. The van der Waals surface area contributed by atoms with E-state index in [2.05, 4.69) is 9.97 Å². The fourth-order valence-electron chi connectivity index (χ4n) is 4.46. The summed E-state index contributed by atoms with van der Waals surface area (Å²) < 4.78 is 48.9. The predicted molar refractivity (Wildman–Crippen MR) is 137 cm³/mol. The average Bonchev–Trinajstić information content (AvgIpc) is 3.53. The van der Waals surface area contributed by atoms with Crippen molar-refractivity contribution in [3.63, 3.8) is 0 Å². The van der Waals surface area contributed by atoms with E-state index in [1.807, 2.05) is 30.3 Å². The van der Waals surface area contributed by atoms with E-state index in [-0.39, 0.29) is 24.3 Å². The first-order valence-electron chi connectivity index (χ1n) is 12.7. The molecule has 2 unspecified atom stereocenters. The van der Waals surface area contributed by atoms with Gasteiger partial charge >= 0.3 is 12.1 Å². The van der Waals surface area contributed by atoms with Gasteiger partial charge < -0.3 is 25.1 Å². The molecule has 1 aliphatic rings. The number of carbonyl (C=O) groups excluding carboxylic acids is 3. The number of nitrogens with two attached hydrogens (primary N) is 1. The average molecular weight is 559 g/mol. The van der Waals surface area contributed by atoms with Crippen LogP contribution in [0.25, 0.3) is 0 Å². The summed E-state index contributed by atoms with van der Waals surface area (Å²) in [5.41, 5.74) is 7.42. The van der Waals surface area contributed by atoms with Gasteiger partial charge in [-0.25, -0.2) is 4.98 Å². The number of aryl methyl sites for hydroxylation is 2. The number of benzene rings is 2. The summed E-state index contributed by atoms with van der Waals surface area (Å²) in [5.74, 6) is -1.50. The Morgan fingerprint density at radius 1 is 1.10 bits per heavy atom. The smallest absolute Gasteiger partial charge is 0.393 e. The molecular weight excluding hydrogens is 529 g/mol. The number of esters is 1. The minimum absolute atomic E-state index is 0.0739. The molecule has 1 fully saturated rings. The van der Waals surface area contributed by atoms with Crippen LogP contribution in [0, 0.1) is 0 Å². The van der Waals surface area contributed by atoms with Crippen molar-refractivity contribution in [1.82, 2.24) is 14.9 Å². The van der Waals surface area contributed by atoms with Crippen LogP contribution < -0.4 is 5.73 Å². The Balaban J connectivity index is 1.45. The van der Waals surface area contributed by atoms with Crippen molar-refractivity contribution in [3.8, 4) is 0 Å². The van der Waals surface area contributed by atoms with E-state index in [4.69, 9.17) is 15.2 Å². The lowest BCUT2D eigenvalue weighted by atomic mass is 10.1. The van der Waals surface area contributed by atoms with Gasteiger partial charge in [-0.2, -0.15) is 13.2 Å². The van der Waals surface area contributed by atoms with Crippen LogP contribution in [0.2, 0.25) is 0 Å². The molecule has 3 N–H and O–H groups in total. The standard InChI is InChI=1S/C28H29F3N4O5/c1-17(25(32)37)35(22-13-24(36)40-27(22)39-16-20-5-3-2-4-6-20)26(38)21-15-33-23(34-21)12-11-18-7-9-19(10-8-18)14-28(29,30)31/h2-10,15,17,22,27H,11-14,16H2,1H3,(H2,32,37)(H,33,34)/t17-,22?,27?/m0/s1. The highest BCUT2D eigenvalue weighted by atomic mass is 19.4. The third-order valence-corrected chi connectivity index (χ3v) is 6.55. The topological polar surface area (TPSA) is 128 Å². The van der Waals surface area contributed by atoms with Crippen LogP contribution in [0.4, 0.5) is 13.2 Å². The molecule has 4 rings (SSSR count). The Morgan fingerprint density at radius 2 is 1.77 bits per heavy atom. The molecule has 1 saturated heterocycles. The molecule has 1 aliphatic heterocycles. The molecule has 3 aromatic rings. The molecular formula is C28H29F3N4O5. The van der Waals surface area contributed by atoms with Gasteiger partial charge in [0.15, 0.2) is 0 Å². The van der Waals surface area contributed by atoms with Gasteiger partial charge in [0.05, 0.1) is 25.6 Å². The van der Waals surface area contributed by atoms with Crippen molar-refractivity contribution in [2.24, 2.45) is 5.73 Å². The molecule has 9 nitrogen and oxygen atoms in total. The molecule has 3 atom stereocenters. The number of nitrogens with one attached hydrogen (secondary N) is 1. The second-order valence-electron chi connectivity index (χ2n) is 9.57. The second kappa shape index (κ2) is 12.3. The number of nitrogens with zero attached hydrogens (tertiary/aromatic N) is 2. The van der Waals surface area contributed by atoms with E-state index in [0.717, 1.165) is 11.1 Å². The first-order valence-corrected chi connectivity index (χ1v) is 12.7. The van der Waals surface area contributed by atoms with E-state index in [9.17, 15) is 27.6 Å². The first kappa shape index (κ1) is 28.8. The highest BCUT2D eigenvalue weighted by Crippen LogP contribution is 2.27. The van der Waals surface area contributed by atoms with Gasteiger partial charge in [-0.1, -0.05) is 54.6 Å². The number of rotatable bonds is 11. The quantitative estimate of drug-likeness (QED) is 0.347. The molecule has 0 bridgehead atoms. The number of primary amides is 1. The summed E-state index contributed by atoms with van der Waals surface area (Å²) in [7, 11) is 0. The van der Waals surface area contributed by atoms with Crippen molar-refractivity contribution in [2.45, 2.75) is 63.8 Å². The van der Waals surface area contributed by atoms with Gasteiger partial charge in [0, 0.05) is 6.42 Å². The molecule has 0 saturated carbocycles. The molecule has 212 valence electrons. The molecule has 0 spiro atoms. The fourth-order valence-corrected chi connectivity index (χ4v) is 4.46. The number of imidazole rings is 1. The number of aromatic nitrogens is 2. The van der Waals surface area contributed by atoms with Crippen LogP contribution in [-0.4, -0.2) is 57.2 Å². The zero-order chi connectivity index (χ0) is 28.9. The van der Waals surface area contributed by atoms with Gasteiger partial charge in [-0.05, 0) is 30.0 Å². The normalized spacial score (nSPS) is 17.9. The number of amides is 2. The Bertz CT molecular complexity index is 1330. The molecule has 2 aromatic carbocycles. The maximum absolute atomic E-state index is 13.6. The Kier molecular flexibility index (Phi) is 8.88. The van der Waals surface area contributed by atoms with Gasteiger partial charge in [0.1, 0.15) is 23.6 Å². The third kappa shape index (κ3) is 7.47. The Morgan fingerprint density at radius 3 is 2.42 bits per heavy atom. The van der Waals surface area contributed by atoms with Crippen LogP contribution >= 0.6 is 0 Å². The monoisotopic (exact) mass is 558 g/mol. The maximum atomic E-state index is 13.6. The highest BCUT2D eigenvalue weighted by molar-refractivity contribution is 5.96. The number of hydrogen-bond donors (Lipinski definition) is 2. The molecule has 1 aromatic heterocycles. The SMILES string of the molecule is C[C@@H](C(N)=O)N(C(=O)c1cnc(CCc2ccc(CC(F)(F)F)cc2)[nH]1)C1CC(=O)OC1OCc1ccccc1. The van der Waals surface area contributed by atoms with Crippen LogP contribution in [-0.2, 0) is 44.9 Å². The van der Waals surface area contributed by atoms with Gasteiger partial charge in [-0.3, -0.25) is 14.4 Å². The minimum Gasteiger partial charge on any atom is -0.433 e. The van der Waals surface area contributed by atoms with E-state index >= 15 is 0 Å². The number of aromatic amines is 1. The first-order chi connectivity index (χ1) is 19.0. The Hall–Kier alpha value is -4.19. The Labute approximate surface area is 228 Å². The molecule has 2 heterocycles. The summed E-state index contributed by atoms with van der Waals surface area (Å²) >= 11 is 0. The summed E-state index contributed by atoms with van der Waals surface area (Å²) in [6.45, 7) is 1.57. The van der Waals surface area contributed by atoms with E-state index in [1.165, 1.54) is 30.2 Å². The molecule has 2 amide bonds. The zero-order valence-electron chi connectivity index (χ0n) is 21.7. The van der Waals surface area contributed by atoms with Gasteiger partial charge in [-0.15, -0.1) is 0 Å². The number of halogens is 3. The predicted octanol–water partition coefficient (Wildman–Crippen LogP) is 3.47. The van der Waals surface area contributed by atoms with Crippen molar-refractivity contribution >= 4 is 17.8 Å². The van der Waals surface area contributed by atoms with E-state index in [1.54, 1.807) is 12.1 Å². The molecule has 40 heavy (non-hydrogen) atoms. The summed E-state index contributed by atoms with van der Waals surface area (Å²) in [5, 5.41) is 0. The van der Waals surface area contributed by atoms with E-state index < -0.39 is 48.8 Å². The number of cyclic esters (lactones) is 1. The van der Waals surface area contributed by atoms with E-state index in [0.29, 0.717) is 18.7 Å². The van der Waals surface area contributed by atoms with Crippen molar-refractivity contribution in [1.29, 1.82) is 0 Å². The number of alkyl halides is 3. The summed E-state index contributed by atoms with van der Waals surface area (Å²) in [4.78, 5) is 46.3. The maximum Gasteiger partial charge on any atom is 0.393 e.